The first-order valence-corrected chi connectivity index (χ1v) is 3.24. The molecule has 0 atom stereocenters. The molecule has 2 N–H and O–H groups in total. The van der Waals surface area contributed by atoms with Crippen LogP contribution in [0.15, 0.2) is 0 Å². The molecule has 4 nitrogen and oxygen atoms in total. The second-order valence-corrected chi connectivity index (χ2v) is 1.65. The average molecular weight is 147 g/mol. The number of carbonyl (C=O) groups excluding carboxylic acids is 1. The summed E-state index contributed by atoms with van der Waals surface area (Å²) < 4.78 is 9.38. The molecule has 60 valence electrons. The first kappa shape index (κ1) is 9.39. The molecule has 0 spiro atoms. The second-order valence-electron chi connectivity index (χ2n) is 1.65. The largest absolute Gasteiger partial charge is 0.464 e. The Kier molecular flexibility index (Phi) is 6.11. The van der Waals surface area contributed by atoms with Crippen LogP contribution in [0.3, 0.4) is 0 Å². The highest BCUT2D eigenvalue weighted by Gasteiger charge is 1.98. The van der Waals surface area contributed by atoms with E-state index in [-0.39, 0.29) is 12.6 Å². The van der Waals surface area contributed by atoms with E-state index in [1.54, 1.807) is 6.92 Å². The van der Waals surface area contributed by atoms with Gasteiger partial charge in [0.15, 0.2) is 0 Å². The minimum absolute atomic E-state index is 0.00500. The Morgan fingerprint density at radius 2 is 2.30 bits per heavy atom. The van der Waals surface area contributed by atoms with Crippen LogP contribution in [0.25, 0.3) is 0 Å². The zero-order valence-corrected chi connectivity index (χ0v) is 6.13. The van der Waals surface area contributed by atoms with Gasteiger partial charge in [0.25, 0.3) is 0 Å². The van der Waals surface area contributed by atoms with Crippen LogP contribution in [0.2, 0.25) is 0 Å². The predicted octanol–water partition coefficient (Wildman–Crippen LogP) is -0.475. The lowest BCUT2D eigenvalue weighted by atomic mass is 10.7. The SMILES string of the molecule is CCOC(=O)COCCN. The van der Waals surface area contributed by atoms with E-state index in [2.05, 4.69) is 4.74 Å². The molecule has 0 rings (SSSR count). The molecule has 0 saturated carbocycles. The van der Waals surface area contributed by atoms with E-state index in [4.69, 9.17) is 10.5 Å². The fourth-order valence-electron chi connectivity index (χ4n) is 0.441. The molecule has 0 aliphatic heterocycles. The van der Waals surface area contributed by atoms with Gasteiger partial charge in [-0.2, -0.15) is 0 Å². The van der Waals surface area contributed by atoms with Crippen LogP contribution in [-0.2, 0) is 14.3 Å². The first-order valence-electron chi connectivity index (χ1n) is 3.24. The summed E-state index contributed by atoms with van der Waals surface area (Å²) in [5.41, 5.74) is 5.11. The molecule has 0 aliphatic rings. The van der Waals surface area contributed by atoms with Crippen LogP contribution in [0.1, 0.15) is 6.92 Å². The van der Waals surface area contributed by atoms with Gasteiger partial charge in [-0.05, 0) is 6.92 Å². The molecule has 0 amide bonds. The van der Waals surface area contributed by atoms with Gasteiger partial charge in [0.05, 0.1) is 13.2 Å². The predicted molar refractivity (Wildman–Crippen MR) is 36.5 cm³/mol. The van der Waals surface area contributed by atoms with E-state index in [1.165, 1.54) is 0 Å². The summed E-state index contributed by atoms with van der Waals surface area (Å²) in [4.78, 5) is 10.5. The van der Waals surface area contributed by atoms with E-state index >= 15 is 0 Å². The summed E-state index contributed by atoms with van der Waals surface area (Å²) in [6.07, 6.45) is 0. The lowest BCUT2D eigenvalue weighted by Gasteiger charge is -2.01. The van der Waals surface area contributed by atoms with Gasteiger partial charge in [0.1, 0.15) is 6.61 Å². The molecule has 10 heavy (non-hydrogen) atoms. The smallest absolute Gasteiger partial charge is 0.332 e. The number of nitrogens with two attached hydrogens (primary N) is 1. The number of ether oxygens (including phenoxy) is 2. The van der Waals surface area contributed by atoms with Crippen molar-refractivity contribution in [2.45, 2.75) is 6.92 Å². The molecule has 0 aliphatic carbocycles. The van der Waals surface area contributed by atoms with Crippen molar-refractivity contribution >= 4 is 5.97 Å². The summed E-state index contributed by atoms with van der Waals surface area (Å²) >= 11 is 0. The standard InChI is InChI=1S/C6H13NO3/c1-2-10-6(8)5-9-4-3-7/h2-5,7H2,1H3. The van der Waals surface area contributed by atoms with E-state index in [0.717, 1.165) is 0 Å². The Morgan fingerprint density at radius 3 is 2.80 bits per heavy atom. The van der Waals surface area contributed by atoms with Gasteiger partial charge in [0, 0.05) is 6.54 Å². The van der Waals surface area contributed by atoms with E-state index in [9.17, 15) is 4.79 Å². The average Bonchev–Trinajstić information content (AvgIpc) is 1.89. The number of carbonyl (C=O) groups is 1. The van der Waals surface area contributed by atoms with Crippen molar-refractivity contribution in [3.8, 4) is 0 Å². The molecular weight excluding hydrogens is 134 g/mol. The summed E-state index contributed by atoms with van der Waals surface area (Å²) in [5.74, 6) is -0.337. The van der Waals surface area contributed by atoms with Gasteiger partial charge in [-0.15, -0.1) is 0 Å². The van der Waals surface area contributed by atoms with Crippen molar-refractivity contribution in [3.63, 3.8) is 0 Å². The molecule has 4 heteroatoms. The second kappa shape index (κ2) is 6.51. The molecule has 0 heterocycles. The van der Waals surface area contributed by atoms with Crippen LogP contribution in [-0.4, -0.2) is 32.3 Å². The zero-order chi connectivity index (χ0) is 7.82. The maximum absolute atomic E-state index is 10.5. The lowest BCUT2D eigenvalue weighted by Crippen LogP contribution is -2.16. The topological polar surface area (TPSA) is 61.5 Å². The monoisotopic (exact) mass is 147 g/mol. The van der Waals surface area contributed by atoms with Gasteiger partial charge < -0.3 is 15.2 Å². The molecule has 0 radical (unpaired) electrons. The Labute approximate surface area is 60.3 Å². The molecule has 0 unspecified atom stereocenters. The highest BCUT2D eigenvalue weighted by atomic mass is 16.6. The van der Waals surface area contributed by atoms with Crippen LogP contribution < -0.4 is 5.73 Å². The molecule has 0 aromatic rings. The molecule has 0 aromatic heterocycles. The van der Waals surface area contributed by atoms with E-state index < -0.39 is 0 Å². The third-order valence-corrected chi connectivity index (χ3v) is 0.787. The van der Waals surface area contributed by atoms with Gasteiger partial charge in [-0.1, -0.05) is 0 Å². The normalized spacial score (nSPS) is 9.40. The maximum atomic E-state index is 10.5. The van der Waals surface area contributed by atoms with Crippen molar-refractivity contribution in [2.75, 3.05) is 26.4 Å². The van der Waals surface area contributed by atoms with Crippen LogP contribution >= 0.6 is 0 Å². The minimum Gasteiger partial charge on any atom is -0.464 e. The van der Waals surface area contributed by atoms with Crippen LogP contribution in [0.5, 0.6) is 0 Å². The van der Waals surface area contributed by atoms with E-state index in [1.807, 2.05) is 0 Å². The maximum Gasteiger partial charge on any atom is 0.332 e. The van der Waals surface area contributed by atoms with Crippen molar-refractivity contribution < 1.29 is 14.3 Å². The minimum atomic E-state index is -0.337. The highest BCUT2D eigenvalue weighted by Crippen LogP contribution is 1.79. The van der Waals surface area contributed by atoms with Crippen molar-refractivity contribution in [3.05, 3.63) is 0 Å². The van der Waals surface area contributed by atoms with Crippen molar-refractivity contribution in [1.82, 2.24) is 0 Å². The van der Waals surface area contributed by atoms with Gasteiger partial charge in [0.2, 0.25) is 0 Å². The fraction of sp³-hybridized carbons (Fsp3) is 0.833. The molecule has 0 saturated heterocycles. The Bertz CT molecular complexity index is 95.0. The number of hydrogen-bond donors (Lipinski definition) is 1. The third kappa shape index (κ3) is 5.53. The van der Waals surface area contributed by atoms with Gasteiger partial charge >= 0.3 is 5.97 Å². The van der Waals surface area contributed by atoms with Crippen LogP contribution in [0, 0.1) is 0 Å². The molecular formula is C6H13NO3. The lowest BCUT2D eigenvalue weighted by molar-refractivity contribution is -0.148. The number of rotatable bonds is 5. The van der Waals surface area contributed by atoms with Crippen LogP contribution in [0.4, 0.5) is 0 Å². The van der Waals surface area contributed by atoms with E-state index in [0.29, 0.717) is 19.8 Å². The van der Waals surface area contributed by atoms with Gasteiger partial charge in [-0.3, -0.25) is 0 Å². The number of esters is 1. The summed E-state index contributed by atoms with van der Waals surface area (Å²) in [7, 11) is 0. The van der Waals surface area contributed by atoms with Crippen molar-refractivity contribution in [1.29, 1.82) is 0 Å². The van der Waals surface area contributed by atoms with Gasteiger partial charge in [-0.25, -0.2) is 4.79 Å². The Hall–Kier alpha value is -0.610. The number of hydrogen-bond acceptors (Lipinski definition) is 4. The van der Waals surface area contributed by atoms with Crippen molar-refractivity contribution in [2.24, 2.45) is 5.73 Å². The first-order chi connectivity index (χ1) is 4.81. The zero-order valence-electron chi connectivity index (χ0n) is 6.13. The molecule has 0 bridgehead atoms. The quantitative estimate of drug-likeness (QED) is 0.421. The highest BCUT2D eigenvalue weighted by molar-refractivity contribution is 5.70. The summed E-state index contributed by atoms with van der Waals surface area (Å²) in [5, 5.41) is 0. The molecule has 0 fully saturated rings. The summed E-state index contributed by atoms with van der Waals surface area (Å²) in [6, 6.07) is 0. The fourth-order valence-corrected chi connectivity index (χ4v) is 0.441. The Balaban J connectivity index is 3.05. The molecule has 0 aromatic carbocycles. The Morgan fingerprint density at radius 1 is 1.60 bits per heavy atom. The third-order valence-electron chi connectivity index (χ3n) is 0.787. The summed E-state index contributed by atoms with van der Waals surface area (Å²) in [6.45, 7) is 2.98.